The van der Waals surface area contributed by atoms with Gasteiger partial charge in [0.15, 0.2) is 0 Å². The Morgan fingerprint density at radius 3 is 2.92 bits per heavy atom. The number of morpholine rings is 1. The number of aliphatic hydroxyl groups excluding tert-OH is 1. The van der Waals surface area contributed by atoms with Crippen molar-refractivity contribution in [2.24, 2.45) is 5.92 Å². The van der Waals surface area contributed by atoms with Gasteiger partial charge in [0.25, 0.3) is 0 Å². The quantitative estimate of drug-likeness (QED) is 0.482. The van der Waals surface area contributed by atoms with E-state index in [2.05, 4.69) is 0 Å². The van der Waals surface area contributed by atoms with Crippen LogP contribution >= 0.6 is 0 Å². The van der Waals surface area contributed by atoms with E-state index in [1.165, 1.54) is 0 Å². The average molecular weight is 186 g/mol. The molecule has 0 amide bonds. The summed E-state index contributed by atoms with van der Waals surface area (Å²) in [6.45, 7) is 6.08. The lowest BCUT2D eigenvalue weighted by molar-refractivity contribution is -0.0352. The Morgan fingerprint density at radius 1 is 1.69 bits per heavy atom. The van der Waals surface area contributed by atoms with Crippen molar-refractivity contribution in [3.8, 4) is 0 Å². The van der Waals surface area contributed by atoms with Gasteiger partial charge in [-0.2, -0.15) is 0 Å². The molecule has 0 bridgehead atoms. The second-order valence-electron chi connectivity index (χ2n) is 3.66. The first-order chi connectivity index (χ1) is 6.15. The van der Waals surface area contributed by atoms with Crippen LogP contribution < -0.4 is 0 Å². The van der Waals surface area contributed by atoms with Crippen LogP contribution in [0.1, 0.15) is 13.8 Å². The van der Waals surface area contributed by atoms with Gasteiger partial charge in [0.05, 0.1) is 25.2 Å². The highest BCUT2D eigenvalue weighted by atomic mass is 16.5. The Bertz CT molecular complexity index is 182. The van der Waals surface area contributed by atoms with Crippen molar-refractivity contribution >= 4 is 5.84 Å². The Morgan fingerprint density at radius 2 is 2.38 bits per heavy atom. The van der Waals surface area contributed by atoms with Crippen molar-refractivity contribution in [3.63, 3.8) is 0 Å². The number of nitrogens with zero attached hydrogens (tertiary/aromatic N) is 1. The summed E-state index contributed by atoms with van der Waals surface area (Å²) in [5.74, 6) is 0.888. The molecule has 0 aromatic rings. The first kappa shape index (κ1) is 10.5. The molecule has 1 saturated heterocycles. The van der Waals surface area contributed by atoms with E-state index in [0.29, 0.717) is 19.0 Å². The monoisotopic (exact) mass is 186 g/mol. The largest absolute Gasteiger partial charge is 0.394 e. The van der Waals surface area contributed by atoms with Gasteiger partial charge >= 0.3 is 0 Å². The van der Waals surface area contributed by atoms with Gasteiger partial charge in [0.2, 0.25) is 0 Å². The molecule has 1 atom stereocenters. The summed E-state index contributed by atoms with van der Waals surface area (Å²) in [5.41, 5.74) is 0. The molecular formula is C9H18N2O2. The van der Waals surface area contributed by atoms with Crippen LogP contribution in [0.25, 0.3) is 0 Å². The second kappa shape index (κ2) is 4.58. The van der Waals surface area contributed by atoms with Crippen LogP contribution in [0.2, 0.25) is 0 Å². The lowest BCUT2D eigenvalue weighted by atomic mass is 10.1. The number of amidine groups is 1. The van der Waals surface area contributed by atoms with Gasteiger partial charge in [-0.05, 0) is 0 Å². The Balaban J connectivity index is 2.46. The molecule has 1 heterocycles. The van der Waals surface area contributed by atoms with E-state index >= 15 is 0 Å². The fraction of sp³-hybridized carbons (Fsp3) is 0.889. The molecule has 0 aromatic heterocycles. The van der Waals surface area contributed by atoms with Crippen LogP contribution in [-0.2, 0) is 4.74 Å². The zero-order valence-corrected chi connectivity index (χ0v) is 8.29. The number of nitrogens with one attached hydrogen (secondary N) is 1. The Labute approximate surface area is 79.0 Å². The highest BCUT2D eigenvalue weighted by Gasteiger charge is 2.22. The molecule has 0 radical (unpaired) electrons. The van der Waals surface area contributed by atoms with Crippen molar-refractivity contribution < 1.29 is 9.84 Å². The molecule has 1 rings (SSSR count). The Kier molecular flexibility index (Phi) is 3.69. The summed E-state index contributed by atoms with van der Waals surface area (Å²) in [6, 6.07) is 0. The molecule has 0 spiro atoms. The molecule has 1 unspecified atom stereocenters. The van der Waals surface area contributed by atoms with Gasteiger partial charge in [-0.15, -0.1) is 0 Å². The summed E-state index contributed by atoms with van der Waals surface area (Å²) >= 11 is 0. The van der Waals surface area contributed by atoms with Crippen LogP contribution in [0.15, 0.2) is 0 Å². The molecule has 76 valence electrons. The molecule has 1 aliphatic rings. The third kappa shape index (κ3) is 2.67. The van der Waals surface area contributed by atoms with Gasteiger partial charge in [-0.25, -0.2) is 0 Å². The zero-order chi connectivity index (χ0) is 9.84. The Hall–Kier alpha value is -0.610. The van der Waals surface area contributed by atoms with Crippen molar-refractivity contribution in [2.45, 2.75) is 20.0 Å². The molecule has 4 heteroatoms. The third-order valence-electron chi connectivity index (χ3n) is 2.23. The van der Waals surface area contributed by atoms with Crippen LogP contribution in [0.3, 0.4) is 0 Å². The minimum atomic E-state index is -0.118. The van der Waals surface area contributed by atoms with Gasteiger partial charge in [-0.3, -0.25) is 5.41 Å². The van der Waals surface area contributed by atoms with E-state index < -0.39 is 0 Å². The first-order valence-electron chi connectivity index (χ1n) is 4.71. The van der Waals surface area contributed by atoms with Gasteiger partial charge in [0.1, 0.15) is 0 Å². The smallest absolute Gasteiger partial charge is 0.0985 e. The molecule has 0 aromatic carbocycles. The van der Waals surface area contributed by atoms with Crippen molar-refractivity contribution in [1.82, 2.24) is 4.90 Å². The number of aliphatic hydroxyl groups is 1. The highest BCUT2D eigenvalue weighted by Crippen LogP contribution is 2.09. The maximum Gasteiger partial charge on any atom is 0.0985 e. The van der Waals surface area contributed by atoms with Gasteiger partial charge < -0.3 is 14.7 Å². The van der Waals surface area contributed by atoms with E-state index in [-0.39, 0.29) is 18.6 Å². The molecule has 1 aliphatic heterocycles. The van der Waals surface area contributed by atoms with Crippen LogP contribution in [0, 0.1) is 11.3 Å². The van der Waals surface area contributed by atoms with Crippen LogP contribution in [0.4, 0.5) is 0 Å². The number of rotatable bonds is 2. The fourth-order valence-electron chi connectivity index (χ4n) is 1.41. The second-order valence-corrected chi connectivity index (χ2v) is 3.66. The van der Waals surface area contributed by atoms with E-state index in [1.807, 2.05) is 18.7 Å². The maximum atomic E-state index is 8.91. The van der Waals surface area contributed by atoms with E-state index in [0.717, 1.165) is 6.54 Å². The minimum absolute atomic E-state index is 0.0435. The average Bonchev–Trinajstić information content (AvgIpc) is 2.16. The number of hydrogen-bond donors (Lipinski definition) is 2. The van der Waals surface area contributed by atoms with E-state index in [1.54, 1.807) is 0 Å². The van der Waals surface area contributed by atoms with Crippen molar-refractivity contribution in [3.05, 3.63) is 0 Å². The summed E-state index contributed by atoms with van der Waals surface area (Å²) < 4.78 is 5.30. The lowest BCUT2D eigenvalue weighted by Crippen LogP contribution is -2.47. The predicted octanol–water partition coefficient (Wildman–Crippen LogP) is 0.313. The summed E-state index contributed by atoms with van der Waals surface area (Å²) in [5, 5.41) is 16.7. The minimum Gasteiger partial charge on any atom is -0.394 e. The van der Waals surface area contributed by atoms with Crippen molar-refractivity contribution in [2.75, 3.05) is 26.3 Å². The predicted molar refractivity (Wildman–Crippen MR) is 51.0 cm³/mol. The number of ether oxygens (including phenoxy) is 1. The standard InChI is InChI=1S/C9H18N2O2/c1-7(2)9(10)11-3-4-13-8(5-11)6-12/h7-8,10,12H,3-6H2,1-2H3. The van der Waals surface area contributed by atoms with Crippen LogP contribution in [0.5, 0.6) is 0 Å². The molecule has 4 nitrogen and oxygen atoms in total. The summed E-state index contributed by atoms with van der Waals surface area (Å²) in [7, 11) is 0. The molecular weight excluding hydrogens is 168 g/mol. The fourth-order valence-corrected chi connectivity index (χ4v) is 1.41. The zero-order valence-electron chi connectivity index (χ0n) is 8.29. The summed E-state index contributed by atoms with van der Waals surface area (Å²) in [4.78, 5) is 1.98. The normalized spacial score (nSPS) is 23.7. The molecule has 1 fully saturated rings. The number of hydrogen-bond acceptors (Lipinski definition) is 3. The molecule has 13 heavy (non-hydrogen) atoms. The molecule has 0 aliphatic carbocycles. The summed E-state index contributed by atoms with van der Waals surface area (Å²) in [6.07, 6.45) is -0.118. The highest BCUT2D eigenvalue weighted by molar-refractivity contribution is 5.81. The lowest BCUT2D eigenvalue weighted by Gasteiger charge is -2.34. The maximum absolute atomic E-state index is 8.91. The van der Waals surface area contributed by atoms with Gasteiger partial charge in [0, 0.05) is 19.0 Å². The van der Waals surface area contributed by atoms with Crippen molar-refractivity contribution in [1.29, 1.82) is 5.41 Å². The third-order valence-corrected chi connectivity index (χ3v) is 2.23. The molecule has 0 saturated carbocycles. The SMILES string of the molecule is CC(C)C(=N)N1CCOC(CO)C1. The van der Waals surface area contributed by atoms with E-state index in [9.17, 15) is 0 Å². The van der Waals surface area contributed by atoms with Gasteiger partial charge in [-0.1, -0.05) is 13.8 Å². The first-order valence-corrected chi connectivity index (χ1v) is 4.71. The van der Waals surface area contributed by atoms with Crippen LogP contribution in [-0.4, -0.2) is 48.2 Å². The van der Waals surface area contributed by atoms with E-state index in [4.69, 9.17) is 15.3 Å². The molecule has 2 N–H and O–H groups in total. The topological polar surface area (TPSA) is 56.6 Å².